The van der Waals surface area contributed by atoms with Crippen LogP contribution in [0, 0.1) is 0 Å². The van der Waals surface area contributed by atoms with Gasteiger partial charge in [0.05, 0.1) is 12.6 Å². The molecule has 0 aromatic heterocycles. The lowest BCUT2D eigenvalue weighted by atomic mass is 10.2. The van der Waals surface area contributed by atoms with Crippen molar-refractivity contribution in [3.05, 3.63) is 60.7 Å². The minimum atomic E-state index is -0.400. The normalized spacial score (nSPS) is 11.8. The van der Waals surface area contributed by atoms with Gasteiger partial charge in [0, 0.05) is 18.4 Å². The summed E-state index contributed by atoms with van der Waals surface area (Å²) in [5.41, 5.74) is 1.60. The first-order valence-corrected chi connectivity index (χ1v) is 8.94. The number of benzene rings is 2. The quantitative estimate of drug-likeness (QED) is 0.791. The molecule has 2 rings (SSSR count). The van der Waals surface area contributed by atoms with Crippen LogP contribution < -0.4 is 10.2 Å². The summed E-state index contributed by atoms with van der Waals surface area (Å²) < 4.78 is 0. The van der Waals surface area contributed by atoms with E-state index < -0.39 is 6.04 Å². The Kier molecular flexibility index (Phi) is 7.36. The lowest BCUT2D eigenvalue weighted by molar-refractivity contribution is -0.124. The summed E-state index contributed by atoms with van der Waals surface area (Å²) in [6, 6.07) is 18.5. The molecule has 2 aromatic carbocycles. The third kappa shape index (κ3) is 5.43. The fourth-order valence-electron chi connectivity index (χ4n) is 2.71. The number of para-hydroxylation sites is 2. The van der Waals surface area contributed by atoms with Gasteiger partial charge in [-0.25, -0.2) is 0 Å². The zero-order valence-corrected chi connectivity index (χ0v) is 15.7. The van der Waals surface area contributed by atoms with Crippen LogP contribution in [0.4, 0.5) is 11.4 Å². The standard InChI is InChI=1S/C21H27N3O2/c1-4-15-24(16-20(25)23(3)19-13-9-6-10-14-19)17(2)21(26)22-18-11-7-5-8-12-18/h5-14,17H,4,15-16H2,1-3H3,(H,22,26). The van der Waals surface area contributed by atoms with Crippen LogP contribution in [0.2, 0.25) is 0 Å². The molecule has 0 heterocycles. The number of nitrogens with one attached hydrogen (secondary N) is 1. The molecule has 0 fully saturated rings. The van der Waals surface area contributed by atoms with Gasteiger partial charge in [-0.3, -0.25) is 14.5 Å². The van der Waals surface area contributed by atoms with Crippen molar-refractivity contribution in [3.8, 4) is 0 Å². The van der Waals surface area contributed by atoms with Gasteiger partial charge in [0.1, 0.15) is 0 Å². The number of nitrogens with zero attached hydrogens (tertiary/aromatic N) is 2. The molecule has 0 spiro atoms. The summed E-state index contributed by atoms with van der Waals surface area (Å²) in [7, 11) is 1.76. The molecule has 2 aromatic rings. The van der Waals surface area contributed by atoms with Gasteiger partial charge in [-0.05, 0) is 44.2 Å². The van der Waals surface area contributed by atoms with Crippen LogP contribution in [0.25, 0.3) is 0 Å². The number of hydrogen-bond donors (Lipinski definition) is 1. The number of likely N-dealkylation sites (N-methyl/N-ethyl adjacent to an activating group) is 1. The number of hydrogen-bond acceptors (Lipinski definition) is 3. The molecular weight excluding hydrogens is 326 g/mol. The maximum atomic E-state index is 12.7. The van der Waals surface area contributed by atoms with Crippen LogP contribution in [0.5, 0.6) is 0 Å². The molecule has 5 heteroatoms. The van der Waals surface area contributed by atoms with Crippen molar-refractivity contribution in [2.75, 3.05) is 30.4 Å². The van der Waals surface area contributed by atoms with E-state index in [1.165, 1.54) is 0 Å². The Bertz CT molecular complexity index is 704. The van der Waals surface area contributed by atoms with E-state index in [9.17, 15) is 9.59 Å². The van der Waals surface area contributed by atoms with E-state index >= 15 is 0 Å². The SMILES string of the molecule is CCCN(CC(=O)N(C)c1ccccc1)C(C)C(=O)Nc1ccccc1. The number of carbonyl (C=O) groups is 2. The van der Waals surface area contributed by atoms with Gasteiger partial charge in [0.2, 0.25) is 11.8 Å². The van der Waals surface area contributed by atoms with Gasteiger partial charge in [0.15, 0.2) is 0 Å². The van der Waals surface area contributed by atoms with Crippen molar-refractivity contribution in [2.24, 2.45) is 0 Å². The van der Waals surface area contributed by atoms with Gasteiger partial charge >= 0.3 is 0 Å². The van der Waals surface area contributed by atoms with Crippen molar-refractivity contribution >= 4 is 23.2 Å². The fraction of sp³-hybridized carbons (Fsp3) is 0.333. The molecule has 1 unspecified atom stereocenters. The average Bonchev–Trinajstić information content (AvgIpc) is 2.67. The average molecular weight is 353 g/mol. The van der Waals surface area contributed by atoms with Crippen LogP contribution in [-0.2, 0) is 9.59 Å². The second-order valence-electron chi connectivity index (χ2n) is 6.29. The second kappa shape index (κ2) is 9.73. The summed E-state index contributed by atoms with van der Waals surface area (Å²) in [6.45, 7) is 4.75. The Balaban J connectivity index is 2.02. The molecule has 0 aliphatic carbocycles. The fourth-order valence-corrected chi connectivity index (χ4v) is 2.71. The van der Waals surface area contributed by atoms with Crippen LogP contribution in [0.3, 0.4) is 0 Å². The summed E-state index contributed by atoms with van der Waals surface area (Å²) in [4.78, 5) is 28.8. The number of amides is 2. The van der Waals surface area contributed by atoms with Crippen LogP contribution in [-0.4, -0.2) is 42.9 Å². The summed E-state index contributed by atoms with van der Waals surface area (Å²) in [6.07, 6.45) is 0.866. The zero-order valence-electron chi connectivity index (χ0n) is 15.7. The molecule has 0 bridgehead atoms. The smallest absolute Gasteiger partial charge is 0.241 e. The third-order valence-electron chi connectivity index (χ3n) is 4.34. The molecular formula is C21H27N3O2. The Morgan fingerprint density at radius 2 is 1.58 bits per heavy atom. The lowest BCUT2D eigenvalue weighted by Crippen LogP contribution is -2.47. The Hall–Kier alpha value is -2.66. The topological polar surface area (TPSA) is 52.7 Å². The number of rotatable bonds is 8. The highest BCUT2D eigenvalue weighted by Gasteiger charge is 2.24. The molecule has 0 aliphatic heterocycles. The van der Waals surface area contributed by atoms with E-state index in [2.05, 4.69) is 5.32 Å². The van der Waals surface area contributed by atoms with Gasteiger partial charge in [-0.2, -0.15) is 0 Å². The molecule has 26 heavy (non-hydrogen) atoms. The first-order chi connectivity index (χ1) is 12.5. The van der Waals surface area contributed by atoms with Crippen molar-refractivity contribution in [1.82, 2.24) is 4.90 Å². The minimum absolute atomic E-state index is 0.0380. The summed E-state index contributed by atoms with van der Waals surface area (Å²) >= 11 is 0. The highest BCUT2D eigenvalue weighted by Crippen LogP contribution is 2.13. The maximum Gasteiger partial charge on any atom is 0.241 e. The first kappa shape index (κ1) is 19.7. The van der Waals surface area contributed by atoms with E-state index in [0.717, 1.165) is 17.8 Å². The zero-order chi connectivity index (χ0) is 18.9. The van der Waals surface area contributed by atoms with Crippen molar-refractivity contribution in [1.29, 1.82) is 0 Å². The summed E-state index contributed by atoms with van der Waals surface area (Å²) in [5.74, 6) is -0.149. The van der Waals surface area contributed by atoms with Crippen molar-refractivity contribution in [3.63, 3.8) is 0 Å². The Labute approximate surface area is 155 Å². The van der Waals surface area contributed by atoms with Crippen molar-refractivity contribution < 1.29 is 9.59 Å². The molecule has 1 atom stereocenters. The molecule has 2 amide bonds. The maximum absolute atomic E-state index is 12.7. The predicted octanol–water partition coefficient (Wildman–Crippen LogP) is 3.39. The minimum Gasteiger partial charge on any atom is -0.325 e. The molecule has 0 radical (unpaired) electrons. The predicted molar refractivity (Wildman–Crippen MR) is 106 cm³/mol. The molecule has 0 saturated heterocycles. The monoisotopic (exact) mass is 353 g/mol. The van der Waals surface area contributed by atoms with Crippen LogP contribution in [0.15, 0.2) is 60.7 Å². The Morgan fingerprint density at radius 3 is 2.15 bits per heavy atom. The number of carbonyl (C=O) groups excluding carboxylic acids is 2. The third-order valence-corrected chi connectivity index (χ3v) is 4.34. The second-order valence-corrected chi connectivity index (χ2v) is 6.29. The van der Waals surface area contributed by atoms with E-state index in [1.54, 1.807) is 11.9 Å². The van der Waals surface area contributed by atoms with E-state index in [1.807, 2.05) is 79.4 Å². The van der Waals surface area contributed by atoms with Gasteiger partial charge in [0.25, 0.3) is 0 Å². The Morgan fingerprint density at radius 1 is 1.00 bits per heavy atom. The highest BCUT2D eigenvalue weighted by molar-refractivity contribution is 5.97. The molecule has 5 nitrogen and oxygen atoms in total. The first-order valence-electron chi connectivity index (χ1n) is 8.94. The highest BCUT2D eigenvalue weighted by atomic mass is 16.2. The largest absolute Gasteiger partial charge is 0.325 e. The molecule has 0 saturated carbocycles. The van der Waals surface area contributed by atoms with E-state index in [-0.39, 0.29) is 18.4 Å². The van der Waals surface area contributed by atoms with E-state index in [4.69, 9.17) is 0 Å². The van der Waals surface area contributed by atoms with E-state index in [0.29, 0.717) is 6.54 Å². The van der Waals surface area contributed by atoms with Gasteiger partial charge in [-0.1, -0.05) is 43.3 Å². The van der Waals surface area contributed by atoms with Crippen LogP contribution >= 0.6 is 0 Å². The number of anilines is 2. The lowest BCUT2D eigenvalue weighted by Gasteiger charge is -2.29. The molecule has 0 aliphatic rings. The van der Waals surface area contributed by atoms with Crippen LogP contribution in [0.1, 0.15) is 20.3 Å². The molecule has 1 N–H and O–H groups in total. The van der Waals surface area contributed by atoms with Crippen molar-refractivity contribution in [2.45, 2.75) is 26.3 Å². The molecule has 138 valence electrons. The van der Waals surface area contributed by atoms with Gasteiger partial charge < -0.3 is 10.2 Å². The van der Waals surface area contributed by atoms with Gasteiger partial charge in [-0.15, -0.1) is 0 Å². The summed E-state index contributed by atoms with van der Waals surface area (Å²) in [5, 5.41) is 2.91.